The predicted octanol–water partition coefficient (Wildman–Crippen LogP) is 2.21. The van der Waals surface area contributed by atoms with Crippen LogP contribution in [0, 0.1) is 11.8 Å². The van der Waals surface area contributed by atoms with E-state index in [4.69, 9.17) is 0 Å². The number of nitrogens with zero attached hydrogens (tertiary/aromatic N) is 2. The lowest BCUT2D eigenvalue weighted by atomic mass is 9.96. The summed E-state index contributed by atoms with van der Waals surface area (Å²) in [6.07, 6.45) is 4.98. The maximum atomic E-state index is 12.6. The molecule has 2 aliphatic heterocycles. The molecule has 0 radical (unpaired) electrons. The van der Waals surface area contributed by atoms with Gasteiger partial charge in [-0.1, -0.05) is 31.2 Å². The molecule has 6 nitrogen and oxygen atoms in total. The van der Waals surface area contributed by atoms with Gasteiger partial charge in [0.25, 0.3) is 0 Å². The second-order valence-corrected chi connectivity index (χ2v) is 10.4. The van der Waals surface area contributed by atoms with Gasteiger partial charge in [0.05, 0.1) is 6.26 Å². The first kappa shape index (κ1) is 21.3. The van der Waals surface area contributed by atoms with Gasteiger partial charge in [-0.05, 0) is 49.3 Å². The van der Waals surface area contributed by atoms with Crippen LogP contribution in [-0.4, -0.2) is 56.0 Å². The van der Waals surface area contributed by atoms with Crippen molar-refractivity contribution in [1.82, 2.24) is 14.5 Å². The zero-order chi connectivity index (χ0) is 20.1. The Morgan fingerprint density at radius 1 is 1.11 bits per heavy atom. The van der Waals surface area contributed by atoms with Crippen molar-refractivity contribution in [3.05, 3.63) is 35.4 Å². The average Bonchev–Trinajstić information content (AvgIpc) is 2.66. The normalized spacial score (nSPS) is 22.9. The molecular weight excluding hydrogens is 374 g/mol. The Kier molecular flexibility index (Phi) is 7.12. The summed E-state index contributed by atoms with van der Waals surface area (Å²) in [6, 6.07) is 8.34. The number of carbonyl (C=O) groups excluding carboxylic acids is 1. The van der Waals surface area contributed by atoms with Crippen LogP contribution < -0.4 is 5.32 Å². The molecule has 2 heterocycles. The SMILES string of the molecule is CC1CCCN(Cc2ccccc2CNC(=O)C2CCN(S(C)(=O)=O)CC2)C1. The largest absolute Gasteiger partial charge is 0.352 e. The number of benzene rings is 1. The minimum Gasteiger partial charge on any atom is -0.352 e. The van der Waals surface area contributed by atoms with Gasteiger partial charge < -0.3 is 5.32 Å². The highest BCUT2D eigenvalue weighted by Crippen LogP contribution is 2.21. The van der Waals surface area contributed by atoms with Crippen molar-refractivity contribution in [2.24, 2.45) is 11.8 Å². The van der Waals surface area contributed by atoms with Crippen LogP contribution in [-0.2, 0) is 27.9 Å². The van der Waals surface area contributed by atoms with Crippen LogP contribution in [0.1, 0.15) is 43.7 Å². The van der Waals surface area contributed by atoms with E-state index in [-0.39, 0.29) is 11.8 Å². The molecule has 1 aromatic rings. The maximum Gasteiger partial charge on any atom is 0.223 e. The molecule has 2 fully saturated rings. The molecule has 1 atom stereocenters. The van der Waals surface area contributed by atoms with Crippen LogP contribution in [0.4, 0.5) is 0 Å². The molecule has 1 aromatic carbocycles. The van der Waals surface area contributed by atoms with Crippen molar-refractivity contribution < 1.29 is 13.2 Å². The van der Waals surface area contributed by atoms with Gasteiger partial charge in [-0.25, -0.2) is 12.7 Å². The van der Waals surface area contributed by atoms with Crippen LogP contribution in [0.2, 0.25) is 0 Å². The number of amides is 1. The number of nitrogens with one attached hydrogen (secondary N) is 1. The van der Waals surface area contributed by atoms with E-state index in [1.165, 1.54) is 34.5 Å². The van der Waals surface area contributed by atoms with E-state index in [0.717, 1.165) is 25.6 Å². The minimum absolute atomic E-state index is 0.0366. The molecule has 0 spiro atoms. The fourth-order valence-corrected chi connectivity index (χ4v) is 5.21. The van der Waals surface area contributed by atoms with Crippen LogP contribution >= 0.6 is 0 Å². The van der Waals surface area contributed by atoms with Gasteiger partial charge in [0.15, 0.2) is 0 Å². The standard InChI is InChI=1S/C21H33N3O3S/c1-17-6-5-11-23(15-17)16-20-8-4-3-7-19(20)14-22-21(25)18-9-12-24(13-10-18)28(2,26)27/h3-4,7-8,17-18H,5-6,9-16H2,1-2H3,(H,22,25). The molecule has 0 saturated carbocycles. The van der Waals surface area contributed by atoms with Gasteiger partial charge in [0.1, 0.15) is 0 Å². The number of rotatable bonds is 6. The average molecular weight is 408 g/mol. The summed E-state index contributed by atoms with van der Waals surface area (Å²) in [5.41, 5.74) is 2.45. The molecule has 156 valence electrons. The van der Waals surface area contributed by atoms with Crippen molar-refractivity contribution in [3.8, 4) is 0 Å². The first-order valence-corrected chi connectivity index (χ1v) is 12.2. The number of carbonyl (C=O) groups is 1. The molecule has 0 bridgehead atoms. The Hall–Kier alpha value is -1.44. The maximum absolute atomic E-state index is 12.6. The highest BCUT2D eigenvalue weighted by Gasteiger charge is 2.28. The molecule has 3 rings (SSSR count). The molecule has 1 amide bonds. The highest BCUT2D eigenvalue weighted by atomic mass is 32.2. The summed E-state index contributed by atoms with van der Waals surface area (Å²) in [5, 5.41) is 3.08. The van der Waals surface area contributed by atoms with E-state index in [1.807, 2.05) is 6.07 Å². The fraction of sp³-hybridized carbons (Fsp3) is 0.667. The van der Waals surface area contributed by atoms with E-state index in [2.05, 4.69) is 35.3 Å². The molecular formula is C21H33N3O3S. The van der Waals surface area contributed by atoms with Crippen LogP contribution in [0.15, 0.2) is 24.3 Å². The lowest BCUT2D eigenvalue weighted by molar-refractivity contribution is -0.126. The highest BCUT2D eigenvalue weighted by molar-refractivity contribution is 7.88. The summed E-state index contributed by atoms with van der Waals surface area (Å²) < 4.78 is 24.7. The number of likely N-dealkylation sites (tertiary alicyclic amines) is 1. The first-order chi connectivity index (χ1) is 13.3. The van der Waals surface area contributed by atoms with Crippen molar-refractivity contribution in [3.63, 3.8) is 0 Å². The predicted molar refractivity (Wildman–Crippen MR) is 111 cm³/mol. The topological polar surface area (TPSA) is 69.7 Å². The van der Waals surface area contributed by atoms with Gasteiger partial charge in [-0.15, -0.1) is 0 Å². The van der Waals surface area contributed by atoms with Gasteiger partial charge in [-0.2, -0.15) is 0 Å². The Labute approximate surface area is 169 Å². The lowest BCUT2D eigenvalue weighted by Gasteiger charge is -2.31. The smallest absolute Gasteiger partial charge is 0.223 e. The Morgan fingerprint density at radius 3 is 2.43 bits per heavy atom. The lowest BCUT2D eigenvalue weighted by Crippen LogP contribution is -2.42. The van der Waals surface area contributed by atoms with E-state index in [1.54, 1.807) is 0 Å². The molecule has 1 unspecified atom stereocenters. The summed E-state index contributed by atoms with van der Waals surface area (Å²) in [5.74, 6) is 0.682. The zero-order valence-corrected chi connectivity index (χ0v) is 17.9. The van der Waals surface area contributed by atoms with E-state index >= 15 is 0 Å². The summed E-state index contributed by atoms with van der Waals surface area (Å²) >= 11 is 0. The summed E-state index contributed by atoms with van der Waals surface area (Å²) in [6.45, 7) is 6.92. The van der Waals surface area contributed by atoms with Gasteiger partial charge in [0, 0.05) is 38.6 Å². The van der Waals surface area contributed by atoms with Crippen LogP contribution in [0.25, 0.3) is 0 Å². The van der Waals surface area contributed by atoms with Gasteiger partial charge in [-0.3, -0.25) is 9.69 Å². The number of hydrogen-bond acceptors (Lipinski definition) is 4. The van der Waals surface area contributed by atoms with Crippen molar-refractivity contribution in [2.45, 2.75) is 45.7 Å². The van der Waals surface area contributed by atoms with Crippen molar-refractivity contribution >= 4 is 15.9 Å². The number of piperidine rings is 2. The van der Waals surface area contributed by atoms with Gasteiger partial charge in [0.2, 0.25) is 15.9 Å². The quantitative estimate of drug-likeness (QED) is 0.785. The summed E-state index contributed by atoms with van der Waals surface area (Å²) in [7, 11) is -3.16. The molecule has 1 N–H and O–H groups in total. The zero-order valence-electron chi connectivity index (χ0n) is 17.1. The third-order valence-corrected chi connectivity index (χ3v) is 7.30. The van der Waals surface area contributed by atoms with E-state index < -0.39 is 10.0 Å². The monoisotopic (exact) mass is 407 g/mol. The van der Waals surface area contributed by atoms with E-state index in [9.17, 15) is 13.2 Å². The summed E-state index contributed by atoms with van der Waals surface area (Å²) in [4.78, 5) is 15.1. The van der Waals surface area contributed by atoms with Crippen LogP contribution in [0.5, 0.6) is 0 Å². The third kappa shape index (κ3) is 5.78. The Bertz CT molecular complexity index is 773. The Balaban J connectivity index is 1.53. The molecule has 28 heavy (non-hydrogen) atoms. The molecule has 2 saturated heterocycles. The Morgan fingerprint density at radius 2 is 1.79 bits per heavy atom. The van der Waals surface area contributed by atoms with Gasteiger partial charge >= 0.3 is 0 Å². The first-order valence-electron chi connectivity index (χ1n) is 10.3. The second kappa shape index (κ2) is 9.37. The molecule has 7 heteroatoms. The molecule has 0 aromatic heterocycles. The minimum atomic E-state index is -3.16. The fourth-order valence-electron chi connectivity index (χ4n) is 4.33. The van der Waals surface area contributed by atoms with E-state index in [0.29, 0.717) is 32.5 Å². The van der Waals surface area contributed by atoms with Crippen molar-refractivity contribution in [1.29, 1.82) is 0 Å². The second-order valence-electron chi connectivity index (χ2n) is 8.41. The van der Waals surface area contributed by atoms with Crippen molar-refractivity contribution in [2.75, 3.05) is 32.4 Å². The van der Waals surface area contributed by atoms with Crippen LogP contribution in [0.3, 0.4) is 0 Å². The third-order valence-electron chi connectivity index (χ3n) is 6.00. The number of sulfonamides is 1. The molecule has 0 aliphatic carbocycles. The number of hydrogen-bond donors (Lipinski definition) is 1. The molecule has 2 aliphatic rings.